The number of nitrogens with zero attached hydrogens (tertiary/aromatic N) is 4. The molecule has 0 spiro atoms. The van der Waals surface area contributed by atoms with Crippen molar-refractivity contribution in [3.8, 4) is 0 Å². The van der Waals surface area contributed by atoms with Gasteiger partial charge in [0.2, 0.25) is 0 Å². The highest BCUT2D eigenvalue weighted by atomic mass is 15.1. The third kappa shape index (κ3) is 2.49. The van der Waals surface area contributed by atoms with Crippen LogP contribution in [0.2, 0.25) is 0 Å². The smallest absolute Gasteiger partial charge is 0.0950 e. The van der Waals surface area contributed by atoms with Crippen molar-refractivity contribution in [1.82, 2.24) is 20.2 Å². The van der Waals surface area contributed by atoms with Crippen molar-refractivity contribution >= 4 is 16.6 Å². The van der Waals surface area contributed by atoms with Gasteiger partial charge in [-0.15, -0.1) is 0 Å². The second-order valence-corrected chi connectivity index (χ2v) is 4.28. The standard InChI is InChI=1S/C14H13N5/c1-10-6-16-11(7-15-10)8-17-14-9-18-19-13-5-3-2-4-12(13)14/h2-7,9H,8H2,1H3,(H,17,19). The molecule has 0 aliphatic heterocycles. The Kier molecular flexibility index (Phi) is 3.02. The van der Waals surface area contributed by atoms with Crippen LogP contribution >= 0.6 is 0 Å². The fraction of sp³-hybridized carbons (Fsp3) is 0.143. The minimum absolute atomic E-state index is 0.614. The van der Waals surface area contributed by atoms with E-state index < -0.39 is 0 Å². The molecule has 0 atom stereocenters. The van der Waals surface area contributed by atoms with Gasteiger partial charge in [0.05, 0.1) is 41.5 Å². The second-order valence-electron chi connectivity index (χ2n) is 4.28. The third-order valence-electron chi connectivity index (χ3n) is 2.84. The first kappa shape index (κ1) is 11.5. The Labute approximate surface area is 110 Å². The van der Waals surface area contributed by atoms with E-state index in [4.69, 9.17) is 0 Å². The van der Waals surface area contributed by atoms with Gasteiger partial charge in [0.15, 0.2) is 0 Å². The highest BCUT2D eigenvalue weighted by Crippen LogP contribution is 2.19. The lowest BCUT2D eigenvalue weighted by Gasteiger charge is -2.07. The molecule has 2 heterocycles. The van der Waals surface area contributed by atoms with E-state index in [0.717, 1.165) is 28.0 Å². The summed E-state index contributed by atoms with van der Waals surface area (Å²) < 4.78 is 0. The van der Waals surface area contributed by atoms with Gasteiger partial charge in [-0.2, -0.15) is 10.2 Å². The Morgan fingerprint density at radius 3 is 2.79 bits per heavy atom. The fourth-order valence-electron chi connectivity index (χ4n) is 1.84. The van der Waals surface area contributed by atoms with E-state index >= 15 is 0 Å². The minimum atomic E-state index is 0.614. The lowest BCUT2D eigenvalue weighted by Crippen LogP contribution is -2.03. The molecule has 0 fully saturated rings. The molecule has 0 saturated carbocycles. The first-order valence-corrected chi connectivity index (χ1v) is 6.05. The van der Waals surface area contributed by atoms with Crippen LogP contribution in [0.5, 0.6) is 0 Å². The summed E-state index contributed by atoms with van der Waals surface area (Å²) in [7, 11) is 0. The van der Waals surface area contributed by atoms with Crippen LogP contribution in [0.4, 0.5) is 5.69 Å². The largest absolute Gasteiger partial charge is 0.377 e. The number of nitrogens with one attached hydrogen (secondary N) is 1. The van der Waals surface area contributed by atoms with Gasteiger partial charge in [0, 0.05) is 11.6 Å². The van der Waals surface area contributed by atoms with Gasteiger partial charge in [-0.25, -0.2) is 0 Å². The molecule has 19 heavy (non-hydrogen) atoms. The molecule has 5 heteroatoms. The third-order valence-corrected chi connectivity index (χ3v) is 2.84. The topological polar surface area (TPSA) is 63.6 Å². The van der Waals surface area contributed by atoms with Gasteiger partial charge in [0.1, 0.15) is 0 Å². The van der Waals surface area contributed by atoms with Crippen molar-refractivity contribution < 1.29 is 0 Å². The average Bonchev–Trinajstić information content (AvgIpc) is 2.47. The van der Waals surface area contributed by atoms with E-state index in [2.05, 4.69) is 25.5 Å². The van der Waals surface area contributed by atoms with Gasteiger partial charge in [0.25, 0.3) is 0 Å². The molecule has 0 aliphatic carbocycles. The fourth-order valence-corrected chi connectivity index (χ4v) is 1.84. The zero-order valence-corrected chi connectivity index (χ0v) is 10.5. The van der Waals surface area contributed by atoms with E-state index in [1.165, 1.54) is 0 Å². The highest BCUT2D eigenvalue weighted by molar-refractivity contribution is 5.90. The molecular weight excluding hydrogens is 238 g/mol. The summed E-state index contributed by atoms with van der Waals surface area (Å²) in [4.78, 5) is 8.54. The number of aryl methyl sites for hydroxylation is 1. The SMILES string of the molecule is Cc1cnc(CNc2cnnc3ccccc23)cn1. The average molecular weight is 251 g/mol. The summed E-state index contributed by atoms with van der Waals surface area (Å²) in [5.41, 5.74) is 3.64. The number of anilines is 1. The van der Waals surface area contributed by atoms with Crippen molar-refractivity contribution in [1.29, 1.82) is 0 Å². The summed E-state index contributed by atoms with van der Waals surface area (Å²) in [5, 5.41) is 12.5. The van der Waals surface area contributed by atoms with Crippen molar-refractivity contribution in [2.45, 2.75) is 13.5 Å². The molecule has 2 aromatic heterocycles. The minimum Gasteiger partial charge on any atom is -0.377 e. The Balaban J connectivity index is 1.84. The zero-order valence-electron chi connectivity index (χ0n) is 10.5. The zero-order chi connectivity index (χ0) is 13.1. The maximum atomic E-state index is 4.31. The molecule has 94 valence electrons. The van der Waals surface area contributed by atoms with Crippen LogP contribution in [0.25, 0.3) is 10.9 Å². The van der Waals surface area contributed by atoms with E-state index in [9.17, 15) is 0 Å². The lowest BCUT2D eigenvalue weighted by atomic mass is 10.2. The quantitative estimate of drug-likeness (QED) is 0.774. The summed E-state index contributed by atoms with van der Waals surface area (Å²) in [6.45, 7) is 2.54. The normalized spacial score (nSPS) is 10.6. The maximum Gasteiger partial charge on any atom is 0.0950 e. The van der Waals surface area contributed by atoms with Crippen LogP contribution in [-0.4, -0.2) is 20.2 Å². The number of benzene rings is 1. The van der Waals surface area contributed by atoms with E-state index in [0.29, 0.717) is 6.54 Å². The Morgan fingerprint density at radius 1 is 1.05 bits per heavy atom. The number of hydrogen-bond acceptors (Lipinski definition) is 5. The lowest BCUT2D eigenvalue weighted by molar-refractivity contribution is 0.980. The Hall–Kier alpha value is -2.56. The monoisotopic (exact) mass is 251 g/mol. The second kappa shape index (κ2) is 4.97. The molecule has 0 aliphatic rings. The van der Waals surface area contributed by atoms with Crippen molar-refractivity contribution in [2.24, 2.45) is 0 Å². The van der Waals surface area contributed by atoms with E-state index in [-0.39, 0.29) is 0 Å². The summed E-state index contributed by atoms with van der Waals surface area (Å²) >= 11 is 0. The molecule has 3 aromatic rings. The predicted molar refractivity (Wildman–Crippen MR) is 73.6 cm³/mol. The van der Waals surface area contributed by atoms with E-state index in [1.54, 1.807) is 18.6 Å². The van der Waals surface area contributed by atoms with Crippen molar-refractivity contribution in [3.63, 3.8) is 0 Å². The number of hydrogen-bond donors (Lipinski definition) is 1. The molecule has 3 rings (SSSR count). The van der Waals surface area contributed by atoms with Crippen LogP contribution in [0.3, 0.4) is 0 Å². The first-order chi connectivity index (χ1) is 9.33. The van der Waals surface area contributed by atoms with Crippen LogP contribution in [-0.2, 0) is 6.54 Å². The molecular formula is C14H13N5. The van der Waals surface area contributed by atoms with Gasteiger partial charge in [-0.1, -0.05) is 18.2 Å². The molecule has 1 N–H and O–H groups in total. The van der Waals surface area contributed by atoms with Crippen LogP contribution in [0, 0.1) is 6.92 Å². The molecule has 0 radical (unpaired) electrons. The van der Waals surface area contributed by atoms with E-state index in [1.807, 2.05) is 31.2 Å². The first-order valence-electron chi connectivity index (χ1n) is 6.05. The highest BCUT2D eigenvalue weighted by Gasteiger charge is 2.02. The van der Waals surface area contributed by atoms with Gasteiger partial charge < -0.3 is 5.32 Å². The summed E-state index contributed by atoms with van der Waals surface area (Å²) in [6.07, 6.45) is 5.27. The number of rotatable bonds is 3. The van der Waals surface area contributed by atoms with Crippen molar-refractivity contribution in [3.05, 3.63) is 54.2 Å². The number of aromatic nitrogens is 4. The van der Waals surface area contributed by atoms with Gasteiger partial charge >= 0.3 is 0 Å². The van der Waals surface area contributed by atoms with Gasteiger partial charge in [-0.3, -0.25) is 9.97 Å². The number of fused-ring (bicyclic) bond motifs is 1. The molecule has 0 amide bonds. The Morgan fingerprint density at radius 2 is 1.95 bits per heavy atom. The summed E-state index contributed by atoms with van der Waals surface area (Å²) in [5.74, 6) is 0. The van der Waals surface area contributed by atoms with Crippen LogP contribution < -0.4 is 5.32 Å². The summed E-state index contributed by atoms with van der Waals surface area (Å²) in [6, 6.07) is 7.90. The maximum absolute atomic E-state index is 4.31. The molecule has 0 saturated heterocycles. The van der Waals surface area contributed by atoms with Gasteiger partial charge in [-0.05, 0) is 13.0 Å². The Bertz CT molecular complexity index is 688. The molecule has 0 unspecified atom stereocenters. The van der Waals surface area contributed by atoms with Crippen LogP contribution in [0.1, 0.15) is 11.4 Å². The molecule has 1 aromatic carbocycles. The molecule has 0 bridgehead atoms. The van der Waals surface area contributed by atoms with Crippen molar-refractivity contribution in [2.75, 3.05) is 5.32 Å². The molecule has 5 nitrogen and oxygen atoms in total. The van der Waals surface area contributed by atoms with Crippen LogP contribution in [0.15, 0.2) is 42.9 Å². The predicted octanol–water partition coefficient (Wildman–Crippen LogP) is 2.34.